The number of ether oxygens (including phenoxy) is 1. The summed E-state index contributed by atoms with van der Waals surface area (Å²) in [5.41, 5.74) is -1.80. The molecule has 13 heteroatoms. The van der Waals surface area contributed by atoms with Crippen molar-refractivity contribution in [3.63, 3.8) is 0 Å². The summed E-state index contributed by atoms with van der Waals surface area (Å²) in [5, 5.41) is 24.9. The average molecular weight is 548 g/mol. The molecule has 1 fully saturated rings. The number of carboxylic acids is 2. The maximum absolute atomic E-state index is 15.9. The molecule has 1 aromatic heterocycles. The number of hydrogen-bond acceptors (Lipinski definition) is 8. The summed E-state index contributed by atoms with van der Waals surface area (Å²) in [5.74, 6) is -4.87. The summed E-state index contributed by atoms with van der Waals surface area (Å²) >= 11 is 0. The number of hydrogen-bond donors (Lipinski definition) is 3. The molecule has 1 aliphatic rings. The molecule has 0 bridgehead atoms. The largest absolute Gasteiger partial charge is 0.479 e. The molecule has 0 aliphatic carbocycles. The van der Waals surface area contributed by atoms with Crippen LogP contribution in [0.3, 0.4) is 0 Å². The first-order valence-electron chi connectivity index (χ1n) is 11.8. The number of halogens is 2. The average Bonchev–Trinajstić information content (AvgIpc) is 2.86. The third-order valence-corrected chi connectivity index (χ3v) is 5.94. The monoisotopic (exact) mass is 547 g/mol. The van der Waals surface area contributed by atoms with Gasteiger partial charge in [0.05, 0.1) is 10.9 Å². The van der Waals surface area contributed by atoms with Gasteiger partial charge < -0.3 is 34.4 Å². The lowest BCUT2D eigenvalue weighted by atomic mass is 10.1. The van der Waals surface area contributed by atoms with E-state index in [9.17, 15) is 24.3 Å². The second-order valence-corrected chi connectivity index (χ2v) is 8.86. The number of rotatable bonds is 5. The summed E-state index contributed by atoms with van der Waals surface area (Å²) in [6, 6.07) is 6.75. The number of benzene rings is 2. The molecular weight excluding hydrogens is 520 g/mol. The topological polar surface area (TPSA) is 150 Å². The van der Waals surface area contributed by atoms with Crippen molar-refractivity contribution in [1.29, 1.82) is 0 Å². The molecule has 0 saturated carbocycles. The molecule has 3 aromatic rings. The molecule has 1 saturated heterocycles. The highest BCUT2D eigenvalue weighted by Gasteiger charge is 2.27. The maximum atomic E-state index is 15.9. The SMILES string of the molecule is CC(=O)Oc1ccc(-n2cc(C(=O)O)c(=O)c3cc(F)c(N4CCN(C)CC4)c(F)c32)cc1.CC(O)C(=O)O. The minimum atomic E-state index is -1.52. The minimum absolute atomic E-state index is 0.236. The Hall–Kier alpha value is -4.36. The molecule has 1 aliphatic heterocycles. The Morgan fingerprint density at radius 3 is 2.08 bits per heavy atom. The van der Waals surface area contributed by atoms with Crippen LogP contribution in [0.2, 0.25) is 0 Å². The number of anilines is 1. The number of carboxylic acid groups (broad SMARTS) is 2. The first-order valence-corrected chi connectivity index (χ1v) is 11.8. The van der Waals surface area contributed by atoms with E-state index in [4.69, 9.17) is 14.9 Å². The Bertz CT molecular complexity index is 1460. The van der Waals surface area contributed by atoms with Gasteiger partial charge in [-0.3, -0.25) is 9.59 Å². The van der Waals surface area contributed by atoms with Crippen LogP contribution in [0.5, 0.6) is 5.75 Å². The van der Waals surface area contributed by atoms with E-state index in [1.165, 1.54) is 42.7 Å². The van der Waals surface area contributed by atoms with E-state index in [2.05, 4.69) is 0 Å². The van der Waals surface area contributed by atoms with Gasteiger partial charge in [-0.25, -0.2) is 18.4 Å². The molecule has 0 spiro atoms. The zero-order valence-corrected chi connectivity index (χ0v) is 21.4. The summed E-state index contributed by atoms with van der Waals surface area (Å²) in [4.78, 5) is 48.7. The van der Waals surface area contributed by atoms with Gasteiger partial charge in [0.15, 0.2) is 5.82 Å². The number of esters is 1. The number of carbonyl (C=O) groups is 3. The third-order valence-electron chi connectivity index (χ3n) is 5.94. The van der Waals surface area contributed by atoms with E-state index in [0.29, 0.717) is 31.9 Å². The molecule has 3 N–H and O–H groups in total. The van der Waals surface area contributed by atoms with Crippen molar-refractivity contribution in [3.05, 3.63) is 63.9 Å². The zero-order chi connectivity index (χ0) is 29.0. The first kappa shape index (κ1) is 29.2. The van der Waals surface area contributed by atoms with Crippen LogP contribution < -0.4 is 15.1 Å². The zero-order valence-electron chi connectivity index (χ0n) is 21.4. The predicted molar refractivity (Wildman–Crippen MR) is 137 cm³/mol. The summed E-state index contributed by atoms with van der Waals surface area (Å²) in [7, 11) is 1.91. The number of aliphatic hydroxyl groups excluding tert-OH is 1. The number of carbonyl (C=O) groups excluding carboxylic acids is 1. The molecule has 2 aromatic carbocycles. The van der Waals surface area contributed by atoms with Crippen molar-refractivity contribution in [3.8, 4) is 11.4 Å². The standard InChI is InChI=1S/C23H21F2N3O5.C3H6O3/c1-13(29)33-15-5-3-14(4-6-15)28-12-17(23(31)32)22(30)16-11-18(24)21(19(25)20(16)28)27-9-7-26(2)8-10-27;1-2(4)3(5)6/h3-6,11-12H,7-10H2,1-2H3,(H,31,32);2,4H,1H3,(H,5,6). The van der Waals surface area contributed by atoms with Gasteiger partial charge in [0.2, 0.25) is 5.43 Å². The molecule has 0 radical (unpaired) electrons. The van der Waals surface area contributed by atoms with Crippen LogP contribution in [0.4, 0.5) is 14.5 Å². The van der Waals surface area contributed by atoms with Gasteiger partial charge in [-0.05, 0) is 44.3 Å². The van der Waals surface area contributed by atoms with E-state index < -0.39 is 46.6 Å². The Morgan fingerprint density at radius 2 is 1.59 bits per heavy atom. The fourth-order valence-electron chi connectivity index (χ4n) is 3.92. The van der Waals surface area contributed by atoms with Gasteiger partial charge in [-0.15, -0.1) is 0 Å². The molecule has 0 amide bonds. The van der Waals surface area contributed by atoms with Gasteiger partial charge in [0.25, 0.3) is 0 Å². The molecule has 39 heavy (non-hydrogen) atoms. The van der Waals surface area contributed by atoms with Crippen LogP contribution in [0, 0.1) is 11.6 Å². The van der Waals surface area contributed by atoms with Crippen molar-refractivity contribution in [2.24, 2.45) is 0 Å². The van der Waals surface area contributed by atoms with E-state index >= 15 is 8.78 Å². The summed E-state index contributed by atoms with van der Waals surface area (Å²) in [6.07, 6.45) is -0.215. The van der Waals surface area contributed by atoms with Crippen LogP contribution in [0.15, 0.2) is 41.3 Å². The number of piperazine rings is 1. The fourth-order valence-corrected chi connectivity index (χ4v) is 3.92. The molecule has 4 rings (SSSR count). The Kier molecular flexibility index (Phi) is 8.99. The van der Waals surface area contributed by atoms with Crippen LogP contribution in [-0.2, 0) is 9.59 Å². The highest BCUT2D eigenvalue weighted by atomic mass is 19.1. The molecule has 1 atom stereocenters. The number of nitrogens with zero attached hydrogens (tertiary/aromatic N) is 3. The van der Waals surface area contributed by atoms with Gasteiger partial charge in [0.1, 0.15) is 28.9 Å². The smallest absolute Gasteiger partial charge is 0.341 e. The number of aliphatic hydroxyl groups is 1. The van der Waals surface area contributed by atoms with Crippen molar-refractivity contribution < 1.29 is 43.2 Å². The van der Waals surface area contributed by atoms with Crippen molar-refractivity contribution >= 4 is 34.5 Å². The van der Waals surface area contributed by atoms with Gasteiger partial charge in [-0.1, -0.05) is 0 Å². The minimum Gasteiger partial charge on any atom is -0.479 e. The van der Waals surface area contributed by atoms with E-state index in [1.807, 2.05) is 11.9 Å². The van der Waals surface area contributed by atoms with Crippen LogP contribution in [-0.4, -0.2) is 82.0 Å². The van der Waals surface area contributed by atoms with Crippen molar-refractivity contribution in [2.45, 2.75) is 20.0 Å². The lowest BCUT2D eigenvalue weighted by molar-refractivity contribution is -0.145. The molecule has 1 unspecified atom stereocenters. The second kappa shape index (κ2) is 12.0. The lowest BCUT2D eigenvalue weighted by Gasteiger charge is -2.34. The molecule has 11 nitrogen and oxygen atoms in total. The summed E-state index contributed by atoms with van der Waals surface area (Å²) in [6.45, 7) is 4.45. The van der Waals surface area contributed by atoms with E-state index in [1.54, 1.807) is 4.90 Å². The normalized spacial score (nSPS) is 14.4. The number of likely N-dealkylation sites (N-methyl/N-ethyl adjacent to an activating group) is 1. The highest BCUT2D eigenvalue weighted by Crippen LogP contribution is 2.32. The Labute approximate surface area is 221 Å². The van der Waals surface area contributed by atoms with Gasteiger partial charge in [0, 0.05) is 45.0 Å². The van der Waals surface area contributed by atoms with Gasteiger partial charge in [-0.2, -0.15) is 0 Å². The van der Waals surface area contributed by atoms with Crippen LogP contribution in [0.25, 0.3) is 16.6 Å². The Morgan fingerprint density at radius 1 is 1.03 bits per heavy atom. The Balaban J connectivity index is 0.000000631. The van der Waals surface area contributed by atoms with Crippen molar-refractivity contribution in [1.82, 2.24) is 9.47 Å². The number of fused-ring (bicyclic) bond motifs is 1. The number of aromatic carboxylic acids is 1. The number of aromatic nitrogens is 1. The molecule has 208 valence electrons. The molecular formula is C26H27F2N3O8. The van der Waals surface area contributed by atoms with Gasteiger partial charge >= 0.3 is 17.9 Å². The number of aliphatic carboxylic acids is 1. The van der Waals surface area contributed by atoms with Crippen LogP contribution >= 0.6 is 0 Å². The number of pyridine rings is 1. The quantitative estimate of drug-likeness (QED) is 0.320. The third kappa shape index (κ3) is 6.56. The fraction of sp³-hybridized carbons (Fsp3) is 0.308. The lowest BCUT2D eigenvalue weighted by Crippen LogP contribution is -2.45. The second-order valence-electron chi connectivity index (χ2n) is 8.86. The first-order chi connectivity index (χ1) is 18.3. The van der Waals surface area contributed by atoms with E-state index in [-0.39, 0.29) is 22.3 Å². The summed E-state index contributed by atoms with van der Waals surface area (Å²) < 4.78 is 37.1. The van der Waals surface area contributed by atoms with Crippen LogP contribution in [0.1, 0.15) is 24.2 Å². The maximum Gasteiger partial charge on any atom is 0.341 e. The predicted octanol–water partition coefficient (Wildman–Crippen LogP) is 2.10. The van der Waals surface area contributed by atoms with E-state index in [0.717, 1.165) is 12.3 Å². The van der Waals surface area contributed by atoms with Crippen molar-refractivity contribution in [2.75, 3.05) is 38.1 Å². The molecule has 2 heterocycles. The highest BCUT2D eigenvalue weighted by molar-refractivity contribution is 5.94.